The summed E-state index contributed by atoms with van der Waals surface area (Å²) in [5.41, 5.74) is 1.86. The zero-order chi connectivity index (χ0) is 9.68. The van der Waals surface area contributed by atoms with E-state index in [1.165, 1.54) is 6.07 Å². The Morgan fingerprint density at radius 2 is 2.15 bits per heavy atom. The molecule has 1 rings (SSSR count). The molecule has 2 heteroatoms. The van der Waals surface area contributed by atoms with Gasteiger partial charge in [-0.15, -0.1) is 0 Å². The Kier molecular flexibility index (Phi) is 3.90. The lowest BCUT2D eigenvalue weighted by Gasteiger charge is -2.03. The summed E-state index contributed by atoms with van der Waals surface area (Å²) in [5.74, 6) is -0.129. The molecule has 72 valence electrons. The monoisotopic (exact) mass is 182 g/mol. The third-order valence-corrected chi connectivity index (χ3v) is 2.11. The van der Waals surface area contributed by atoms with Crippen LogP contribution in [0.1, 0.15) is 24.5 Å². The third kappa shape index (κ3) is 2.81. The maximum absolute atomic E-state index is 13.0. The second-order valence-electron chi connectivity index (χ2n) is 3.11. The van der Waals surface area contributed by atoms with Gasteiger partial charge in [-0.05, 0) is 36.5 Å². The lowest BCUT2D eigenvalue weighted by atomic mass is 10.0. The van der Waals surface area contributed by atoms with Crippen LogP contribution in [-0.4, -0.2) is 11.7 Å². The summed E-state index contributed by atoms with van der Waals surface area (Å²) in [4.78, 5) is 0. The molecule has 0 atom stereocenters. The Morgan fingerprint density at radius 1 is 1.38 bits per heavy atom. The summed E-state index contributed by atoms with van der Waals surface area (Å²) in [6, 6.07) is 5.17. The van der Waals surface area contributed by atoms with Gasteiger partial charge in [0.25, 0.3) is 0 Å². The van der Waals surface area contributed by atoms with Crippen LogP contribution in [-0.2, 0) is 12.8 Å². The summed E-state index contributed by atoms with van der Waals surface area (Å²) in [7, 11) is 0. The largest absolute Gasteiger partial charge is 0.396 e. The van der Waals surface area contributed by atoms with Gasteiger partial charge in [0.05, 0.1) is 0 Å². The van der Waals surface area contributed by atoms with Crippen molar-refractivity contribution in [1.82, 2.24) is 0 Å². The summed E-state index contributed by atoms with van der Waals surface area (Å²) in [5, 5.41) is 8.63. The summed E-state index contributed by atoms with van der Waals surface area (Å²) in [6.45, 7) is 2.13. The molecule has 13 heavy (non-hydrogen) atoms. The Bertz CT molecular complexity index is 271. The number of aliphatic hydroxyl groups is 1. The van der Waals surface area contributed by atoms with Gasteiger partial charge in [0.15, 0.2) is 0 Å². The van der Waals surface area contributed by atoms with E-state index in [9.17, 15) is 4.39 Å². The Labute approximate surface area is 78.2 Å². The van der Waals surface area contributed by atoms with Crippen molar-refractivity contribution in [1.29, 1.82) is 0 Å². The molecule has 1 N–H and O–H groups in total. The molecular formula is C11H15FO. The number of aryl methyl sites for hydroxylation is 2. The first-order chi connectivity index (χ1) is 6.27. The lowest BCUT2D eigenvalue weighted by Crippen LogP contribution is -1.93. The van der Waals surface area contributed by atoms with E-state index in [4.69, 9.17) is 5.11 Å². The van der Waals surface area contributed by atoms with E-state index in [1.54, 1.807) is 6.07 Å². The van der Waals surface area contributed by atoms with Crippen molar-refractivity contribution in [2.45, 2.75) is 26.2 Å². The second-order valence-corrected chi connectivity index (χ2v) is 3.11. The summed E-state index contributed by atoms with van der Waals surface area (Å²) in [6.07, 6.45) is 2.29. The quantitative estimate of drug-likeness (QED) is 0.757. The Hall–Kier alpha value is -0.890. The number of benzene rings is 1. The number of hydrogen-bond donors (Lipinski definition) is 1. The van der Waals surface area contributed by atoms with E-state index < -0.39 is 0 Å². The van der Waals surface area contributed by atoms with Crippen LogP contribution in [0.2, 0.25) is 0 Å². The molecule has 0 saturated heterocycles. The van der Waals surface area contributed by atoms with E-state index >= 15 is 0 Å². The molecule has 0 fully saturated rings. The normalized spacial score (nSPS) is 10.4. The number of rotatable bonds is 4. The zero-order valence-electron chi connectivity index (χ0n) is 7.89. The highest BCUT2D eigenvalue weighted by Crippen LogP contribution is 2.12. The minimum Gasteiger partial charge on any atom is -0.396 e. The molecule has 0 radical (unpaired) electrons. The maximum atomic E-state index is 13.0. The summed E-state index contributed by atoms with van der Waals surface area (Å²) < 4.78 is 13.0. The van der Waals surface area contributed by atoms with Crippen molar-refractivity contribution in [3.05, 3.63) is 35.1 Å². The second kappa shape index (κ2) is 4.97. The van der Waals surface area contributed by atoms with Crippen LogP contribution in [0.5, 0.6) is 0 Å². The first-order valence-electron chi connectivity index (χ1n) is 4.66. The van der Waals surface area contributed by atoms with Crippen LogP contribution >= 0.6 is 0 Å². The van der Waals surface area contributed by atoms with Crippen LogP contribution in [0.3, 0.4) is 0 Å². The average molecular weight is 182 g/mol. The van der Waals surface area contributed by atoms with Gasteiger partial charge in [0.1, 0.15) is 5.82 Å². The van der Waals surface area contributed by atoms with Crippen molar-refractivity contribution in [2.24, 2.45) is 0 Å². The topological polar surface area (TPSA) is 20.2 Å². The SMILES string of the molecule is CCc1cc(CCCO)ccc1F. The van der Waals surface area contributed by atoms with Gasteiger partial charge in [-0.25, -0.2) is 4.39 Å². The fraction of sp³-hybridized carbons (Fsp3) is 0.455. The predicted octanol–water partition coefficient (Wildman–Crippen LogP) is 2.31. The van der Waals surface area contributed by atoms with Crippen molar-refractivity contribution in [2.75, 3.05) is 6.61 Å². The molecular weight excluding hydrogens is 167 g/mol. The maximum Gasteiger partial charge on any atom is 0.126 e. The van der Waals surface area contributed by atoms with Crippen LogP contribution in [0.25, 0.3) is 0 Å². The fourth-order valence-corrected chi connectivity index (χ4v) is 1.34. The van der Waals surface area contributed by atoms with Crippen LogP contribution in [0.4, 0.5) is 4.39 Å². The van der Waals surface area contributed by atoms with Gasteiger partial charge < -0.3 is 5.11 Å². The summed E-state index contributed by atoms with van der Waals surface area (Å²) >= 11 is 0. The van der Waals surface area contributed by atoms with Gasteiger partial charge in [-0.1, -0.05) is 19.1 Å². The molecule has 0 bridgehead atoms. The molecule has 0 amide bonds. The molecule has 1 aromatic rings. The first kappa shape index (κ1) is 10.2. The Balaban J connectivity index is 2.74. The fourth-order valence-electron chi connectivity index (χ4n) is 1.34. The van der Waals surface area contributed by atoms with E-state index in [2.05, 4.69) is 0 Å². The molecule has 1 aromatic carbocycles. The molecule has 0 aliphatic heterocycles. The highest BCUT2D eigenvalue weighted by molar-refractivity contribution is 5.25. The van der Waals surface area contributed by atoms with Gasteiger partial charge in [-0.2, -0.15) is 0 Å². The Morgan fingerprint density at radius 3 is 2.77 bits per heavy atom. The van der Waals surface area contributed by atoms with Gasteiger partial charge in [0, 0.05) is 6.61 Å². The zero-order valence-corrected chi connectivity index (χ0v) is 7.89. The van der Waals surface area contributed by atoms with Crippen molar-refractivity contribution in [3.8, 4) is 0 Å². The standard InChI is InChI=1S/C11H15FO/c1-2-10-8-9(4-3-7-13)5-6-11(10)12/h5-6,8,13H,2-4,7H2,1H3. The van der Waals surface area contributed by atoms with Gasteiger partial charge >= 0.3 is 0 Å². The molecule has 0 aromatic heterocycles. The minimum absolute atomic E-state index is 0.129. The van der Waals surface area contributed by atoms with Crippen LogP contribution in [0.15, 0.2) is 18.2 Å². The van der Waals surface area contributed by atoms with Crippen molar-refractivity contribution in [3.63, 3.8) is 0 Å². The first-order valence-corrected chi connectivity index (χ1v) is 4.66. The van der Waals surface area contributed by atoms with Crippen LogP contribution in [0, 0.1) is 5.82 Å². The van der Waals surface area contributed by atoms with E-state index in [1.807, 2.05) is 13.0 Å². The smallest absolute Gasteiger partial charge is 0.126 e. The lowest BCUT2D eigenvalue weighted by molar-refractivity contribution is 0.288. The highest BCUT2D eigenvalue weighted by atomic mass is 19.1. The van der Waals surface area contributed by atoms with E-state index in [0.717, 1.165) is 30.4 Å². The molecule has 0 aliphatic rings. The van der Waals surface area contributed by atoms with E-state index in [0.29, 0.717) is 0 Å². The molecule has 0 unspecified atom stereocenters. The number of halogens is 1. The molecule has 0 heterocycles. The highest BCUT2D eigenvalue weighted by Gasteiger charge is 2.00. The molecule has 0 saturated carbocycles. The van der Waals surface area contributed by atoms with E-state index in [-0.39, 0.29) is 12.4 Å². The van der Waals surface area contributed by atoms with Gasteiger partial charge in [-0.3, -0.25) is 0 Å². The van der Waals surface area contributed by atoms with Gasteiger partial charge in [0.2, 0.25) is 0 Å². The number of hydrogen-bond acceptors (Lipinski definition) is 1. The third-order valence-electron chi connectivity index (χ3n) is 2.11. The predicted molar refractivity (Wildman–Crippen MR) is 51.2 cm³/mol. The van der Waals surface area contributed by atoms with Crippen molar-refractivity contribution >= 4 is 0 Å². The van der Waals surface area contributed by atoms with Crippen LogP contribution < -0.4 is 0 Å². The molecule has 0 spiro atoms. The molecule has 1 nitrogen and oxygen atoms in total. The minimum atomic E-state index is -0.129. The number of aliphatic hydroxyl groups excluding tert-OH is 1. The molecule has 0 aliphatic carbocycles. The van der Waals surface area contributed by atoms with Crippen molar-refractivity contribution < 1.29 is 9.50 Å². The average Bonchev–Trinajstić information content (AvgIpc) is 2.16.